The standard InChI is InChI=1S/C18H20N8O5S5/c1-3-4-32-16-22-23-17(35-16)34-7-18(14(29)30)5-26-12(28)9(13(26)33-6-18)20-11(27)8(24-31-2)10-21-15(19)36-25-10/h3,9,13H,1,4-7H2,2H3,(H,20,27)(H,29,30)(H2,19,21,25)/t9?,13-,18?/m1/s1. The van der Waals surface area contributed by atoms with Crippen molar-refractivity contribution in [2.75, 3.05) is 36.6 Å². The van der Waals surface area contributed by atoms with Gasteiger partial charge in [0.1, 0.15) is 23.9 Å². The van der Waals surface area contributed by atoms with Crippen LogP contribution in [0.3, 0.4) is 0 Å². The van der Waals surface area contributed by atoms with Crippen molar-refractivity contribution in [2.24, 2.45) is 10.6 Å². The second-order valence-electron chi connectivity index (χ2n) is 7.51. The number of carboxylic acids is 1. The SMILES string of the molecule is C=CCSc1nnc(SCC2(C(=O)O)CS[C@@H]3C(NC(=O)C(=NOC)c4nsc(N)n4)C(=O)N3C2)s1. The zero-order chi connectivity index (χ0) is 25.9. The molecule has 0 saturated carbocycles. The first-order valence-corrected chi connectivity index (χ1v) is 14.8. The Bertz CT molecular complexity index is 1200. The Kier molecular flexibility index (Phi) is 8.38. The molecule has 2 aliphatic rings. The number of aromatic nitrogens is 4. The molecule has 2 aromatic rings. The molecule has 2 amide bonds. The average molecular weight is 589 g/mol. The minimum absolute atomic E-state index is 0.0126. The number of nitrogen functional groups attached to an aromatic ring is 1. The molecule has 0 aliphatic carbocycles. The Morgan fingerprint density at radius 3 is 2.81 bits per heavy atom. The second-order valence-corrected chi connectivity index (χ2v) is 12.9. The summed E-state index contributed by atoms with van der Waals surface area (Å²) in [6, 6.07) is -0.840. The van der Waals surface area contributed by atoms with Crippen LogP contribution in [0.5, 0.6) is 0 Å². The van der Waals surface area contributed by atoms with Gasteiger partial charge >= 0.3 is 5.97 Å². The summed E-state index contributed by atoms with van der Waals surface area (Å²) in [6.07, 6.45) is 1.77. The summed E-state index contributed by atoms with van der Waals surface area (Å²) < 4.78 is 5.40. The van der Waals surface area contributed by atoms with Crippen LogP contribution in [0.25, 0.3) is 0 Å². The number of thioether (sulfide) groups is 3. The molecule has 2 unspecified atom stereocenters. The molecular formula is C18H20N8O5S5. The highest BCUT2D eigenvalue weighted by Gasteiger charge is 2.57. The van der Waals surface area contributed by atoms with Crippen LogP contribution in [0.1, 0.15) is 5.82 Å². The molecule has 13 nitrogen and oxygen atoms in total. The third-order valence-corrected chi connectivity index (χ3v) is 10.7. The van der Waals surface area contributed by atoms with Crippen molar-refractivity contribution in [2.45, 2.75) is 20.1 Å². The van der Waals surface area contributed by atoms with Gasteiger partial charge in [-0.3, -0.25) is 14.4 Å². The van der Waals surface area contributed by atoms with E-state index in [9.17, 15) is 19.5 Å². The highest BCUT2D eigenvalue weighted by atomic mass is 32.2. The number of fused-ring (bicyclic) bond motifs is 1. The molecule has 2 aromatic heterocycles. The number of carboxylic acid groups (broad SMARTS) is 1. The zero-order valence-corrected chi connectivity index (χ0v) is 22.7. The molecular weight excluding hydrogens is 569 g/mol. The van der Waals surface area contributed by atoms with Crippen LogP contribution in [0.15, 0.2) is 26.5 Å². The summed E-state index contributed by atoms with van der Waals surface area (Å²) in [5.74, 6) is -0.882. The Morgan fingerprint density at radius 2 is 2.17 bits per heavy atom. The molecule has 0 aromatic carbocycles. The average Bonchev–Trinajstić information content (AvgIpc) is 3.51. The molecule has 3 atom stereocenters. The van der Waals surface area contributed by atoms with Gasteiger partial charge in [-0.05, 0) is 0 Å². The van der Waals surface area contributed by atoms with Gasteiger partial charge in [0.15, 0.2) is 13.8 Å². The number of hydrogen-bond acceptors (Lipinski definition) is 15. The largest absolute Gasteiger partial charge is 0.481 e. The predicted octanol–water partition coefficient (Wildman–Crippen LogP) is 0.864. The Labute approximate surface area is 225 Å². The molecule has 2 saturated heterocycles. The first-order chi connectivity index (χ1) is 17.3. The fourth-order valence-electron chi connectivity index (χ4n) is 3.37. The molecule has 0 radical (unpaired) electrons. The normalized spacial score (nSPS) is 23.5. The number of nitrogens with one attached hydrogen (secondary N) is 1. The number of nitrogens with two attached hydrogens (primary N) is 1. The van der Waals surface area contributed by atoms with E-state index in [1.165, 1.54) is 58.6 Å². The molecule has 192 valence electrons. The van der Waals surface area contributed by atoms with Gasteiger partial charge < -0.3 is 25.9 Å². The summed E-state index contributed by atoms with van der Waals surface area (Å²) in [6.45, 7) is 3.70. The highest BCUT2D eigenvalue weighted by Crippen LogP contribution is 2.45. The van der Waals surface area contributed by atoms with Crippen LogP contribution in [-0.4, -0.2) is 95.4 Å². The fourth-order valence-corrected chi connectivity index (χ4v) is 8.44. The third-order valence-electron chi connectivity index (χ3n) is 5.12. The van der Waals surface area contributed by atoms with E-state index in [2.05, 4.69) is 36.6 Å². The lowest BCUT2D eigenvalue weighted by atomic mass is 9.89. The molecule has 4 rings (SSSR count). The first-order valence-electron chi connectivity index (χ1n) is 10.1. The van der Waals surface area contributed by atoms with Gasteiger partial charge in [0, 0.05) is 35.3 Å². The number of oxime groups is 1. The minimum Gasteiger partial charge on any atom is -0.481 e. The smallest absolute Gasteiger partial charge is 0.313 e. The summed E-state index contributed by atoms with van der Waals surface area (Å²) in [4.78, 5) is 48.1. The Hall–Kier alpha value is -2.41. The maximum atomic E-state index is 12.9. The quantitative estimate of drug-likeness (QED) is 0.110. The number of amides is 2. The highest BCUT2D eigenvalue weighted by molar-refractivity contribution is 8.03. The zero-order valence-electron chi connectivity index (χ0n) is 18.6. The number of hydrogen-bond donors (Lipinski definition) is 3. The molecule has 4 heterocycles. The second kappa shape index (κ2) is 11.3. The van der Waals surface area contributed by atoms with Gasteiger partial charge in [-0.1, -0.05) is 46.1 Å². The van der Waals surface area contributed by atoms with Crippen molar-refractivity contribution < 1.29 is 24.3 Å². The maximum Gasteiger partial charge on any atom is 0.313 e. The minimum atomic E-state index is -1.17. The van der Waals surface area contributed by atoms with Crippen LogP contribution in [0.4, 0.5) is 5.13 Å². The van der Waals surface area contributed by atoms with Gasteiger partial charge in [-0.25, -0.2) is 0 Å². The molecule has 18 heteroatoms. The van der Waals surface area contributed by atoms with Crippen LogP contribution in [0.2, 0.25) is 0 Å². The summed E-state index contributed by atoms with van der Waals surface area (Å²) in [7, 11) is 1.27. The molecule has 0 bridgehead atoms. The number of aliphatic carboxylic acids is 1. The van der Waals surface area contributed by atoms with Gasteiger partial charge in [-0.2, -0.15) is 9.36 Å². The third kappa shape index (κ3) is 5.46. The predicted molar refractivity (Wildman–Crippen MR) is 139 cm³/mol. The van der Waals surface area contributed by atoms with Crippen molar-refractivity contribution in [3.05, 3.63) is 18.5 Å². The number of nitrogens with zero attached hydrogens (tertiary/aromatic N) is 6. The topological polar surface area (TPSA) is 186 Å². The van der Waals surface area contributed by atoms with Crippen molar-refractivity contribution >= 4 is 86.8 Å². The van der Waals surface area contributed by atoms with Gasteiger partial charge in [0.2, 0.25) is 17.4 Å². The van der Waals surface area contributed by atoms with Crippen LogP contribution >= 0.6 is 58.2 Å². The molecule has 36 heavy (non-hydrogen) atoms. The summed E-state index contributed by atoms with van der Waals surface area (Å²) in [5, 5.41) is 24.3. The Morgan fingerprint density at radius 1 is 1.42 bits per heavy atom. The van der Waals surface area contributed by atoms with Gasteiger partial charge in [0.25, 0.3) is 5.91 Å². The molecule has 4 N–H and O–H groups in total. The van der Waals surface area contributed by atoms with Crippen LogP contribution < -0.4 is 11.1 Å². The summed E-state index contributed by atoms with van der Waals surface area (Å²) >= 11 is 6.40. The van der Waals surface area contributed by atoms with Crippen molar-refractivity contribution in [3.8, 4) is 0 Å². The van der Waals surface area contributed by atoms with E-state index in [1.807, 2.05) is 0 Å². The number of β-lactam (4-membered cyclic amide) rings is 1. The lowest BCUT2D eigenvalue weighted by Crippen LogP contribution is -2.74. The number of anilines is 1. The fraction of sp³-hybridized carbons (Fsp3) is 0.444. The molecule has 2 fully saturated rings. The van der Waals surface area contributed by atoms with E-state index < -0.39 is 28.7 Å². The van der Waals surface area contributed by atoms with Crippen LogP contribution in [-0.2, 0) is 19.2 Å². The lowest BCUT2D eigenvalue weighted by Gasteiger charge is -2.53. The number of carbonyl (C=O) groups excluding carboxylic acids is 2. The monoisotopic (exact) mass is 588 g/mol. The molecule has 2 aliphatic heterocycles. The van der Waals surface area contributed by atoms with E-state index in [0.29, 0.717) is 10.1 Å². The first kappa shape index (κ1) is 26.6. The van der Waals surface area contributed by atoms with Gasteiger partial charge in [0.05, 0.1) is 0 Å². The lowest BCUT2D eigenvalue weighted by molar-refractivity contribution is -0.157. The number of carbonyl (C=O) groups is 3. The van der Waals surface area contributed by atoms with Gasteiger partial charge in [-0.15, -0.1) is 28.5 Å². The molecule has 0 spiro atoms. The van der Waals surface area contributed by atoms with Crippen molar-refractivity contribution in [3.63, 3.8) is 0 Å². The Balaban J connectivity index is 1.39. The van der Waals surface area contributed by atoms with E-state index in [-0.39, 0.29) is 40.6 Å². The van der Waals surface area contributed by atoms with Crippen molar-refractivity contribution in [1.29, 1.82) is 0 Å². The van der Waals surface area contributed by atoms with Crippen molar-refractivity contribution in [1.82, 2.24) is 29.8 Å². The summed E-state index contributed by atoms with van der Waals surface area (Å²) in [5.41, 5.74) is 4.21. The maximum absolute atomic E-state index is 12.9. The van der Waals surface area contributed by atoms with E-state index >= 15 is 0 Å². The number of rotatable bonds is 11. The van der Waals surface area contributed by atoms with E-state index in [0.717, 1.165) is 15.9 Å². The van der Waals surface area contributed by atoms with E-state index in [1.54, 1.807) is 6.08 Å². The van der Waals surface area contributed by atoms with Crippen LogP contribution in [0, 0.1) is 5.41 Å². The van der Waals surface area contributed by atoms with E-state index in [4.69, 9.17) is 10.6 Å².